The molecule has 1 aromatic carbocycles. The van der Waals surface area contributed by atoms with E-state index in [-0.39, 0.29) is 6.42 Å². The molecule has 0 unspecified atom stereocenters. The van der Waals surface area contributed by atoms with Gasteiger partial charge in [-0.1, -0.05) is 18.2 Å². The Bertz CT molecular complexity index is 806. The molecule has 0 spiro atoms. The van der Waals surface area contributed by atoms with E-state index in [1.807, 2.05) is 47.8 Å². The van der Waals surface area contributed by atoms with Crippen LogP contribution in [0.15, 0.2) is 53.9 Å². The molecule has 0 saturated heterocycles. The van der Waals surface area contributed by atoms with Crippen molar-refractivity contribution in [1.29, 1.82) is 0 Å². The van der Waals surface area contributed by atoms with Gasteiger partial charge in [0.1, 0.15) is 5.75 Å². The van der Waals surface area contributed by atoms with E-state index < -0.39 is 5.97 Å². The van der Waals surface area contributed by atoms with Crippen LogP contribution in [0, 0.1) is 0 Å². The van der Waals surface area contributed by atoms with E-state index >= 15 is 0 Å². The zero-order valence-corrected chi connectivity index (χ0v) is 13.5. The number of aliphatic carboxylic acids is 1. The lowest BCUT2D eigenvalue weighted by Gasteiger charge is -2.16. The van der Waals surface area contributed by atoms with E-state index in [0.29, 0.717) is 6.42 Å². The van der Waals surface area contributed by atoms with Crippen LogP contribution in [0.5, 0.6) is 5.75 Å². The highest BCUT2D eigenvalue weighted by Crippen LogP contribution is 2.33. The van der Waals surface area contributed by atoms with Crippen LogP contribution < -0.4 is 4.74 Å². The van der Waals surface area contributed by atoms with Gasteiger partial charge in [0.25, 0.3) is 0 Å². The van der Waals surface area contributed by atoms with E-state index in [1.54, 1.807) is 18.4 Å². The second-order valence-corrected chi connectivity index (χ2v) is 6.04. The molecular formula is C18H17NO3S. The number of aryl methyl sites for hydroxylation is 1. The Morgan fingerprint density at radius 1 is 1.17 bits per heavy atom. The fourth-order valence-corrected chi connectivity index (χ4v) is 3.37. The predicted octanol–water partition coefficient (Wildman–Crippen LogP) is 4.23. The van der Waals surface area contributed by atoms with Gasteiger partial charge in [0.15, 0.2) is 0 Å². The lowest BCUT2D eigenvalue weighted by atomic mass is 10.2. The zero-order valence-electron chi connectivity index (χ0n) is 12.7. The van der Waals surface area contributed by atoms with Crippen molar-refractivity contribution in [2.24, 2.45) is 0 Å². The molecule has 0 amide bonds. The van der Waals surface area contributed by atoms with Crippen molar-refractivity contribution >= 4 is 17.3 Å². The topological polar surface area (TPSA) is 51.5 Å². The molecule has 0 aliphatic rings. The van der Waals surface area contributed by atoms with Crippen molar-refractivity contribution in [3.05, 3.63) is 59.6 Å². The van der Waals surface area contributed by atoms with Gasteiger partial charge in [-0.05, 0) is 42.1 Å². The number of aromatic nitrogens is 1. The van der Waals surface area contributed by atoms with E-state index in [4.69, 9.17) is 9.84 Å². The Hall–Kier alpha value is -2.53. The Balaban J connectivity index is 2.14. The van der Waals surface area contributed by atoms with Crippen LogP contribution in [0.25, 0.3) is 16.3 Å². The van der Waals surface area contributed by atoms with Gasteiger partial charge in [0, 0.05) is 5.69 Å². The van der Waals surface area contributed by atoms with Gasteiger partial charge in [-0.3, -0.25) is 4.79 Å². The maximum Gasteiger partial charge on any atom is 0.303 e. The van der Waals surface area contributed by atoms with Crippen molar-refractivity contribution in [3.63, 3.8) is 0 Å². The first kappa shape index (κ1) is 15.4. The maximum atomic E-state index is 10.9. The summed E-state index contributed by atoms with van der Waals surface area (Å²) in [5, 5.41) is 11.0. The number of methoxy groups -OCH3 is 1. The van der Waals surface area contributed by atoms with Crippen molar-refractivity contribution in [2.45, 2.75) is 12.8 Å². The molecule has 118 valence electrons. The summed E-state index contributed by atoms with van der Waals surface area (Å²) in [5.74, 6) is -0.0338. The summed E-state index contributed by atoms with van der Waals surface area (Å²) in [6, 6.07) is 15.9. The number of thiophene rings is 1. The van der Waals surface area contributed by atoms with Gasteiger partial charge < -0.3 is 14.4 Å². The van der Waals surface area contributed by atoms with Gasteiger partial charge in [-0.25, -0.2) is 0 Å². The number of rotatable bonds is 6. The number of ether oxygens (including phenoxy) is 1. The SMILES string of the molecule is COc1ccccc1-n1c(CCC(=O)O)ccc1-c1cccs1. The monoisotopic (exact) mass is 327 g/mol. The maximum absolute atomic E-state index is 10.9. The third-order valence-electron chi connectivity index (χ3n) is 3.66. The van der Waals surface area contributed by atoms with Crippen LogP contribution in [0.4, 0.5) is 0 Å². The van der Waals surface area contributed by atoms with Crippen molar-refractivity contribution < 1.29 is 14.6 Å². The van der Waals surface area contributed by atoms with Gasteiger partial charge >= 0.3 is 5.97 Å². The minimum atomic E-state index is -0.796. The molecule has 23 heavy (non-hydrogen) atoms. The van der Waals surface area contributed by atoms with Crippen LogP contribution in [0.2, 0.25) is 0 Å². The number of carboxylic acid groups (broad SMARTS) is 1. The third-order valence-corrected chi connectivity index (χ3v) is 4.55. The summed E-state index contributed by atoms with van der Waals surface area (Å²) >= 11 is 1.66. The smallest absolute Gasteiger partial charge is 0.303 e. The van der Waals surface area contributed by atoms with Crippen molar-refractivity contribution in [3.8, 4) is 22.0 Å². The molecule has 0 bridgehead atoms. The largest absolute Gasteiger partial charge is 0.495 e. The summed E-state index contributed by atoms with van der Waals surface area (Å²) < 4.78 is 7.58. The molecule has 0 radical (unpaired) electrons. The molecule has 2 aromatic heterocycles. The molecule has 0 fully saturated rings. The quantitative estimate of drug-likeness (QED) is 0.737. The van der Waals surface area contributed by atoms with E-state index in [2.05, 4.69) is 10.6 Å². The summed E-state index contributed by atoms with van der Waals surface area (Å²) in [6.07, 6.45) is 0.571. The van der Waals surface area contributed by atoms with E-state index in [9.17, 15) is 4.79 Å². The fraction of sp³-hybridized carbons (Fsp3) is 0.167. The lowest BCUT2D eigenvalue weighted by Crippen LogP contribution is -2.06. The molecular weight excluding hydrogens is 310 g/mol. The molecule has 0 saturated carbocycles. The number of carbonyl (C=O) groups is 1. The normalized spacial score (nSPS) is 10.7. The first-order chi connectivity index (χ1) is 11.2. The Morgan fingerprint density at radius 2 is 2.00 bits per heavy atom. The zero-order chi connectivity index (χ0) is 16.2. The fourth-order valence-electron chi connectivity index (χ4n) is 2.62. The summed E-state index contributed by atoms with van der Waals surface area (Å²) in [7, 11) is 1.64. The van der Waals surface area contributed by atoms with E-state index in [0.717, 1.165) is 27.7 Å². The number of benzene rings is 1. The summed E-state index contributed by atoms with van der Waals surface area (Å²) in [6.45, 7) is 0. The number of para-hydroxylation sites is 2. The average Bonchev–Trinajstić information content (AvgIpc) is 3.21. The molecule has 0 aliphatic carbocycles. The van der Waals surface area contributed by atoms with Crippen molar-refractivity contribution in [2.75, 3.05) is 7.11 Å². The number of carboxylic acids is 1. The van der Waals surface area contributed by atoms with Crippen LogP contribution in [-0.2, 0) is 11.2 Å². The molecule has 3 rings (SSSR count). The first-order valence-corrected chi connectivity index (χ1v) is 8.18. The third kappa shape index (κ3) is 3.14. The lowest BCUT2D eigenvalue weighted by molar-refractivity contribution is -0.136. The molecule has 4 nitrogen and oxygen atoms in total. The van der Waals surface area contributed by atoms with Gasteiger partial charge in [-0.2, -0.15) is 0 Å². The highest BCUT2D eigenvalue weighted by molar-refractivity contribution is 7.13. The summed E-state index contributed by atoms with van der Waals surface area (Å²) in [4.78, 5) is 12.1. The molecule has 2 heterocycles. The van der Waals surface area contributed by atoms with Gasteiger partial charge in [-0.15, -0.1) is 11.3 Å². The Labute approximate surface area is 138 Å². The van der Waals surface area contributed by atoms with Gasteiger partial charge in [0.05, 0.1) is 29.8 Å². The minimum absolute atomic E-state index is 0.100. The van der Waals surface area contributed by atoms with Crippen LogP contribution >= 0.6 is 11.3 Å². The van der Waals surface area contributed by atoms with Crippen LogP contribution in [0.3, 0.4) is 0 Å². The second kappa shape index (κ2) is 6.71. The number of nitrogens with zero attached hydrogens (tertiary/aromatic N) is 1. The molecule has 5 heteroatoms. The average molecular weight is 327 g/mol. The first-order valence-electron chi connectivity index (χ1n) is 7.30. The Kier molecular flexibility index (Phi) is 4.48. The molecule has 0 atom stereocenters. The summed E-state index contributed by atoms with van der Waals surface area (Å²) in [5.41, 5.74) is 2.92. The van der Waals surface area contributed by atoms with Crippen LogP contribution in [0.1, 0.15) is 12.1 Å². The molecule has 3 aromatic rings. The standard InChI is InChI=1S/C18H17NO3S/c1-22-16-6-3-2-5-14(16)19-13(9-11-18(20)21)8-10-15(19)17-7-4-12-23-17/h2-8,10,12H,9,11H2,1H3,(H,20,21). The van der Waals surface area contributed by atoms with E-state index in [1.165, 1.54) is 0 Å². The number of hydrogen-bond acceptors (Lipinski definition) is 3. The van der Waals surface area contributed by atoms with Crippen molar-refractivity contribution in [1.82, 2.24) is 4.57 Å². The van der Waals surface area contributed by atoms with Crippen LogP contribution in [-0.4, -0.2) is 22.8 Å². The number of hydrogen-bond donors (Lipinski definition) is 1. The molecule has 0 aliphatic heterocycles. The highest BCUT2D eigenvalue weighted by Gasteiger charge is 2.16. The highest BCUT2D eigenvalue weighted by atomic mass is 32.1. The predicted molar refractivity (Wildman–Crippen MR) is 91.6 cm³/mol. The van der Waals surface area contributed by atoms with Gasteiger partial charge in [0.2, 0.25) is 0 Å². The Morgan fingerprint density at radius 3 is 2.70 bits per heavy atom. The second-order valence-electron chi connectivity index (χ2n) is 5.09. The minimum Gasteiger partial charge on any atom is -0.495 e. The molecule has 1 N–H and O–H groups in total.